The summed E-state index contributed by atoms with van der Waals surface area (Å²) in [5.41, 5.74) is 4.18. The van der Waals surface area contributed by atoms with E-state index in [2.05, 4.69) is 5.32 Å². The van der Waals surface area contributed by atoms with Gasteiger partial charge in [0.2, 0.25) is 0 Å². The molecule has 0 saturated heterocycles. The lowest BCUT2D eigenvalue weighted by atomic mass is 10.1. The predicted molar refractivity (Wildman–Crippen MR) is 151 cm³/mol. The van der Waals surface area contributed by atoms with Gasteiger partial charge in [0, 0.05) is 11.3 Å². The number of aryl methyl sites for hydroxylation is 1. The minimum absolute atomic E-state index is 0.0599. The van der Waals surface area contributed by atoms with Gasteiger partial charge in [-0.2, -0.15) is 5.26 Å². The van der Waals surface area contributed by atoms with E-state index >= 15 is 0 Å². The molecule has 1 amide bonds. The lowest BCUT2D eigenvalue weighted by Gasteiger charge is -2.11. The molecule has 38 heavy (non-hydrogen) atoms. The molecule has 0 aliphatic carbocycles. The highest BCUT2D eigenvalue weighted by Gasteiger charge is 2.12. The molecule has 0 heterocycles. The maximum atomic E-state index is 12.8. The number of nitrogens with zero attached hydrogens (tertiary/aromatic N) is 1. The van der Waals surface area contributed by atoms with Crippen LogP contribution in [0.4, 0.5) is 5.69 Å². The van der Waals surface area contributed by atoms with Gasteiger partial charge < -0.3 is 14.8 Å². The Balaban J connectivity index is 1.39. The van der Waals surface area contributed by atoms with Crippen LogP contribution in [-0.2, 0) is 18.0 Å². The highest BCUT2D eigenvalue weighted by atomic mass is 35.5. The van der Waals surface area contributed by atoms with E-state index in [0.717, 1.165) is 11.1 Å². The molecule has 0 unspecified atom stereocenters. The Kier molecular flexibility index (Phi) is 9.05. The van der Waals surface area contributed by atoms with Crippen LogP contribution in [0.15, 0.2) is 96.6 Å². The van der Waals surface area contributed by atoms with Gasteiger partial charge in [0.05, 0.1) is 10.0 Å². The zero-order chi connectivity index (χ0) is 26.9. The molecule has 1 N–H and O–H groups in total. The van der Waals surface area contributed by atoms with Gasteiger partial charge in [-0.3, -0.25) is 4.79 Å². The number of hydrogen-bond donors (Lipinski definition) is 1. The van der Waals surface area contributed by atoms with Crippen molar-refractivity contribution in [1.82, 2.24) is 0 Å². The number of benzene rings is 4. The first-order valence-corrected chi connectivity index (χ1v) is 12.5. The minimum atomic E-state index is -0.528. The molecule has 7 heteroatoms. The van der Waals surface area contributed by atoms with E-state index in [1.165, 1.54) is 11.6 Å². The van der Waals surface area contributed by atoms with Crippen LogP contribution in [0.25, 0.3) is 6.08 Å². The largest absolute Gasteiger partial charge is 0.489 e. The van der Waals surface area contributed by atoms with Gasteiger partial charge in [-0.25, -0.2) is 0 Å². The van der Waals surface area contributed by atoms with Crippen LogP contribution in [0.1, 0.15) is 22.3 Å². The summed E-state index contributed by atoms with van der Waals surface area (Å²) < 4.78 is 11.7. The highest BCUT2D eigenvalue weighted by Crippen LogP contribution is 2.26. The Hall–Kier alpha value is -4.24. The Morgan fingerprint density at radius 2 is 1.55 bits per heavy atom. The van der Waals surface area contributed by atoms with Gasteiger partial charge in [0.15, 0.2) is 0 Å². The number of halogens is 2. The van der Waals surface area contributed by atoms with E-state index in [0.29, 0.717) is 39.4 Å². The lowest BCUT2D eigenvalue weighted by molar-refractivity contribution is -0.112. The zero-order valence-corrected chi connectivity index (χ0v) is 22.1. The van der Waals surface area contributed by atoms with E-state index in [4.69, 9.17) is 32.7 Å². The summed E-state index contributed by atoms with van der Waals surface area (Å²) in [6.45, 7) is 2.73. The topological polar surface area (TPSA) is 71.3 Å². The normalized spacial score (nSPS) is 10.9. The van der Waals surface area contributed by atoms with Gasteiger partial charge in [0.25, 0.3) is 5.91 Å². The van der Waals surface area contributed by atoms with E-state index in [1.54, 1.807) is 54.6 Å². The average Bonchev–Trinajstić information content (AvgIpc) is 2.93. The van der Waals surface area contributed by atoms with Crippen LogP contribution < -0.4 is 14.8 Å². The van der Waals surface area contributed by atoms with E-state index < -0.39 is 5.91 Å². The van der Waals surface area contributed by atoms with Crippen molar-refractivity contribution in [2.45, 2.75) is 20.1 Å². The summed E-state index contributed by atoms with van der Waals surface area (Å²) in [5, 5.41) is 13.3. The molecule has 0 atom stereocenters. The molecule has 4 aromatic carbocycles. The van der Waals surface area contributed by atoms with Crippen molar-refractivity contribution in [3.05, 3.63) is 129 Å². The number of nitriles is 1. The lowest BCUT2D eigenvalue weighted by Crippen LogP contribution is -2.13. The van der Waals surface area contributed by atoms with Crippen molar-refractivity contribution in [2.24, 2.45) is 0 Å². The first kappa shape index (κ1) is 26.8. The molecule has 5 nitrogen and oxygen atoms in total. The molecule has 0 radical (unpaired) electrons. The molecule has 0 saturated carbocycles. The number of carbonyl (C=O) groups excluding carboxylic acids is 1. The number of carbonyl (C=O) groups is 1. The second kappa shape index (κ2) is 12.8. The van der Waals surface area contributed by atoms with Gasteiger partial charge in [-0.05, 0) is 66.6 Å². The first-order chi connectivity index (χ1) is 18.4. The third-order valence-electron chi connectivity index (χ3n) is 5.60. The van der Waals surface area contributed by atoms with Crippen molar-refractivity contribution >= 4 is 40.9 Å². The molecule has 4 aromatic rings. The van der Waals surface area contributed by atoms with Crippen LogP contribution in [0, 0.1) is 18.3 Å². The third kappa shape index (κ3) is 7.39. The van der Waals surface area contributed by atoms with Crippen molar-refractivity contribution in [3.63, 3.8) is 0 Å². The van der Waals surface area contributed by atoms with Crippen molar-refractivity contribution < 1.29 is 14.3 Å². The fourth-order valence-electron chi connectivity index (χ4n) is 3.51. The van der Waals surface area contributed by atoms with Crippen molar-refractivity contribution in [3.8, 4) is 17.6 Å². The van der Waals surface area contributed by atoms with Crippen LogP contribution in [0.2, 0.25) is 10.0 Å². The number of nitrogens with one attached hydrogen (secondary N) is 1. The number of para-hydroxylation sites is 1. The van der Waals surface area contributed by atoms with Crippen LogP contribution in [0.5, 0.6) is 11.5 Å². The summed E-state index contributed by atoms with van der Waals surface area (Å²) in [6, 6.07) is 29.5. The molecule has 0 aliphatic heterocycles. The number of anilines is 1. The van der Waals surface area contributed by atoms with Gasteiger partial charge >= 0.3 is 0 Å². The number of hydrogen-bond acceptors (Lipinski definition) is 4. The molecule has 4 rings (SSSR count). The Bertz CT molecular complexity index is 1490. The van der Waals surface area contributed by atoms with E-state index in [-0.39, 0.29) is 12.2 Å². The zero-order valence-electron chi connectivity index (χ0n) is 20.6. The van der Waals surface area contributed by atoms with Crippen LogP contribution in [-0.4, -0.2) is 5.91 Å². The molecule has 0 bridgehead atoms. The monoisotopic (exact) mass is 542 g/mol. The van der Waals surface area contributed by atoms with Gasteiger partial charge in [0.1, 0.15) is 36.4 Å². The van der Waals surface area contributed by atoms with Crippen LogP contribution in [0.3, 0.4) is 0 Å². The second-order valence-corrected chi connectivity index (χ2v) is 9.31. The number of rotatable bonds is 9. The van der Waals surface area contributed by atoms with Gasteiger partial charge in [-0.1, -0.05) is 77.3 Å². The Labute approximate surface area is 231 Å². The standard InChI is InChI=1S/C31H24Cl2N2O3/c1-21-6-8-22(9-7-21)19-37-27-13-11-26(12-14-27)35-31(36)25(18-34)17-24-4-2-3-5-30(24)38-20-23-10-15-28(32)29(33)16-23/h2-17H,19-20H2,1H3,(H,35,36)/b25-17+. The summed E-state index contributed by atoms with van der Waals surface area (Å²) in [6.07, 6.45) is 1.50. The van der Waals surface area contributed by atoms with E-state index in [1.807, 2.05) is 49.4 Å². The summed E-state index contributed by atoms with van der Waals surface area (Å²) in [7, 11) is 0. The van der Waals surface area contributed by atoms with Crippen molar-refractivity contribution in [1.29, 1.82) is 5.26 Å². The Morgan fingerprint density at radius 3 is 2.26 bits per heavy atom. The first-order valence-electron chi connectivity index (χ1n) is 11.8. The molecular formula is C31H24Cl2N2O3. The summed E-state index contributed by atoms with van der Waals surface area (Å²) in [5.74, 6) is 0.669. The molecule has 0 aromatic heterocycles. The fraction of sp³-hybridized carbons (Fsp3) is 0.0968. The number of ether oxygens (including phenoxy) is 2. The van der Waals surface area contributed by atoms with E-state index in [9.17, 15) is 10.1 Å². The smallest absolute Gasteiger partial charge is 0.266 e. The Morgan fingerprint density at radius 1 is 0.868 bits per heavy atom. The molecule has 190 valence electrons. The highest BCUT2D eigenvalue weighted by molar-refractivity contribution is 6.42. The summed E-state index contributed by atoms with van der Waals surface area (Å²) in [4.78, 5) is 12.8. The SMILES string of the molecule is Cc1ccc(COc2ccc(NC(=O)/C(C#N)=C/c3ccccc3OCc3ccc(Cl)c(Cl)c3)cc2)cc1. The average molecular weight is 543 g/mol. The molecule has 0 fully saturated rings. The maximum Gasteiger partial charge on any atom is 0.266 e. The maximum absolute atomic E-state index is 12.8. The predicted octanol–water partition coefficient (Wildman–Crippen LogP) is 8.01. The molecule has 0 aliphatic rings. The van der Waals surface area contributed by atoms with Crippen molar-refractivity contribution in [2.75, 3.05) is 5.32 Å². The molecular weight excluding hydrogens is 519 g/mol. The molecule has 0 spiro atoms. The summed E-state index contributed by atoms with van der Waals surface area (Å²) >= 11 is 12.1. The fourth-order valence-corrected chi connectivity index (χ4v) is 3.83. The second-order valence-electron chi connectivity index (χ2n) is 8.50. The van der Waals surface area contributed by atoms with Crippen LogP contribution >= 0.6 is 23.2 Å². The minimum Gasteiger partial charge on any atom is -0.489 e. The third-order valence-corrected chi connectivity index (χ3v) is 6.34. The number of amides is 1. The quantitative estimate of drug-likeness (QED) is 0.172. The van der Waals surface area contributed by atoms with Gasteiger partial charge in [-0.15, -0.1) is 0 Å².